The third-order valence-corrected chi connectivity index (χ3v) is 5.71. The van der Waals surface area contributed by atoms with Crippen LogP contribution >= 0.6 is 0 Å². The Kier molecular flexibility index (Phi) is 4.08. The van der Waals surface area contributed by atoms with E-state index in [1.165, 1.54) is 5.56 Å². The predicted molar refractivity (Wildman–Crippen MR) is 84.0 cm³/mol. The second kappa shape index (κ2) is 6.00. The Morgan fingerprint density at radius 1 is 1.00 bits per heavy atom. The van der Waals surface area contributed by atoms with Crippen molar-refractivity contribution >= 4 is 9.84 Å². The van der Waals surface area contributed by atoms with Crippen LogP contribution < -0.4 is 5.32 Å². The van der Waals surface area contributed by atoms with E-state index in [1.54, 1.807) is 12.1 Å². The fourth-order valence-electron chi connectivity index (χ4n) is 2.83. The molecule has 0 radical (unpaired) electrons. The lowest BCUT2D eigenvalue weighted by molar-refractivity contribution is 0.555. The van der Waals surface area contributed by atoms with Gasteiger partial charge in [-0.05, 0) is 36.6 Å². The maximum atomic E-state index is 12.1. The number of hydrogen-bond acceptors (Lipinski definition) is 3. The molecule has 1 aliphatic rings. The van der Waals surface area contributed by atoms with Crippen molar-refractivity contribution in [3.05, 3.63) is 65.7 Å². The minimum atomic E-state index is -3.11. The van der Waals surface area contributed by atoms with Crippen LogP contribution in [0.15, 0.2) is 59.5 Å². The summed E-state index contributed by atoms with van der Waals surface area (Å²) in [5, 5.41) is 3.38. The van der Waals surface area contributed by atoms with E-state index in [0.717, 1.165) is 24.9 Å². The number of fused-ring (bicyclic) bond motifs is 1. The summed E-state index contributed by atoms with van der Waals surface area (Å²) in [7, 11) is -3.11. The summed E-state index contributed by atoms with van der Waals surface area (Å²) < 4.78 is 24.2. The van der Waals surface area contributed by atoms with Gasteiger partial charge in [0.15, 0.2) is 9.84 Å². The molecular formula is C17H19NO2S. The van der Waals surface area contributed by atoms with Gasteiger partial charge in [0.1, 0.15) is 0 Å². The quantitative estimate of drug-likeness (QED) is 0.864. The number of rotatable bonds is 5. The van der Waals surface area contributed by atoms with E-state index in [4.69, 9.17) is 0 Å². The van der Waals surface area contributed by atoms with E-state index < -0.39 is 9.84 Å². The fraction of sp³-hybridized carbons (Fsp3) is 0.294. The van der Waals surface area contributed by atoms with Crippen molar-refractivity contribution in [3.63, 3.8) is 0 Å². The Bertz CT molecular complexity index is 711. The molecule has 4 heteroatoms. The molecule has 2 aromatic rings. The summed E-state index contributed by atoms with van der Waals surface area (Å²) in [5.74, 6) is 0.178. The van der Waals surface area contributed by atoms with Gasteiger partial charge in [0.05, 0.1) is 10.6 Å². The average Bonchev–Trinajstić information content (AvgIpc) is 2.77. The Hall–Kier alpha value is -1.65. The van der Waals surface area contributed by atoms with E-state index in [2.05, 4.69) is 17.4 Å². The van der Waals surface area contributed by atoms with Crippen molar-refractivity contribution in [3.8, 4) is 0 Å². The summed E-state index contributed by atoms with van der Waals surface area (Å²) in [6.07, 6.45) is 2.01. The van der Waals surface area contributed by atoms with Crippen LogP contribution in [-0.2, 0) is 16.3 Å². The van der Waals surface area contributed by atoms with Gasteiger partial charge in [0, 0.05) is 6.04 Å². The van der Waals surface area contributed by atoms with Crippen molar-refractivity contribution in [1.82, 2.24) is 5.32 Å². The smallest absolute Gasteiger partial charge is 0.180 e. The largest absolute Gasteiger partial charge is 0.309 e. The average molecular weight is 301 g/mol. The fourth-order valence-corrected chi connectivity index (χ4v) is 4.60. The van der Waals surface area contributed by atoms with Gasteiger partial charge in [-0.3, -0.25) is 0 Å². The van der Waals surface area contributed by atoms with Gasteiger partial charge >= 0.3 is 0 Å². The first kappa shape index (κ1) is 14.3. The van der Waals surface area contributed by atoms with Crippen LogP contribution in [0, 0.1) is 0 Å². The summed E-state index contributed by atoms with van der Waals surface area (Å²) in [6, 6.07) is 17.6. The molecule has 0 amide bonds. The van der Waals surface area contributed by atoms with Crippen molar-refractivity contribution in [1.29, 1.82) is 0 Å². The zero-order chi connectivity index (χ0) is 14.7. The molecule has 21 heavy (non-hydrogen) atoms. The van der Waals surface area contributed by atoms with Crippen molar-refractivity contribution in [2.75, 3.05) is 12.3 Å². The van der Waals surface area contributed by atoms with Crippen LogP contribution in [0.25, 0.3) is 0 Å². The highest BCUT2D eigenvalue weighted by Crippen LogP contribution is 2.32. The molecule has 0 aromatic heterocycles. The third kappa shape index (κ3) is 3.17. The minimum Gasteiger partial charge on any atom is -0.309 e. The number of sulfone groups is 1. The topological polar surface area (TPSA) is 46.2 Å². The molecule has 1 aliphatic heterocycles. The molecule has 0 aliphatic carbocycles. The monoisotopic (exact) mass is 301 g/mol. The van der Waals surface area contributed by atoms with Crippen LogP contribution in [0.2, 0.25) is 0 Å². The lowest BCUT2D eigenvalue weighted by atomic mass is 10.1. The molecule has 0 bridgehead atoms. The lowest BCUT2D eigenvalue weighted by Gasteiger charge is -2.12. The summed E-state index contributed by atoms with van der Waals surface area (Å²) in [5.41, 5.74) is 2.23. The zero-order valence-electron chi connectivity index (χ0n) is 11.8. The molecule has 1 unspecified atom stereocenters. The Morgan fingerprint density at radius 2 is 1.71 bits per heavy atom. The van der Waals surface area contributed by atoms with Crippen LogP contribution in [0.5, 0.6) is 0 Å². The maximum absolute atomic E-state index is 12.1. The number of nitrogens with one attached hydrogen (secondary N) is 1. The summed E-state index contributed by atoms with van der Waals surface area (Å²) in [4.78, 5) is 0.491. The second-order valence-corrected chi connectivity index (χ2v) is 7.42. The molecule has 1 heterocycles. The van der Waals surface area contributed by atoms with Gasteiger partial charge in [-0.1, -0.05) is 48.5 Å². The van der Waals surface area contributed by atoms with Gasteiger partial charge in [0.25, 0.3) is 0 Å². The number of aryl methyl sites for hydroxylation is 1. The van der Waals surface area contributed by atoms with Gasteiger partial charge in [0.2, 0.25) is 0 Å². The van der Waals surface area contributed by atoms with E-state index in [9.17, 15) is 8.42 Å². The molecule has 2 aromatic carbocycles. The Balaban J connectivity index is 1.58. The highest BCUT2D eigenvalue weighted by molar-refractivity contribution is 7.91. The highest BCUT2D eigenvalue weighted by Gasteiger charge is 2.33. The van der Waals surface area contributed by atoms with E-state index >= 15 is 0 Å². The predicted octanol–water partition coefficient (Wildman–Crippen LogP) is 2.74. The van der Waals surface area contributed by atoms with Crippen LogP contribution in [0.3, 0.4) is 0 Å². The molecule has 0 fully saturated rings. The molecule has 1 atom stereocenters. The molecule has 0 spiro atoms. The molecule has 1 N–H and O–H groups in total. The molecule has 0 saturated carbocycles. The van der Waals surface area contributed by atoms with Crippen LogP contribution in [0.4, 0.5) is 0 Å². The van der Waals surface area contributed by atoms with Gasteiger partial charge in [-0.25, -0.2) is 8.42 Å². The molecule has 110 valence electrons. The third-order valence-electron chi connectivity index (χ3n) is 3.89. The van der Waals surface area contributed by atoms with Crippen molar-refractivity contribution in [2.24, 2.45) is 0 Å². The SMILES string of the molecule is O=S1(=O)CC(NCCCc2ccccc2)c2ccccc21. The second-order valence-electron chi connectivity index (χ2n) is 5.42. The number of hydrogen-bond donors (Lipinski definition) is 1. The molecule has 3 nitrogen and oxygen atoms in total. The van der Waals surface area contributed by atoms with Crippen molar-refractivity contribution < 1.29 is 8.42 Å². The van der Waals surface area contributed by atoms with E-state index in [-0.39, 0.29) is 11.8 Å². The summed E-state index contributed by atoms with van der Waals surface area (Å²) >= 11 is 0. The Labute approximate surface area is 125 Å². The van der Waals surface area contributed by atoms with Gasteiger partial charge in [-0.15, -0.1) is 0 Å². The first-order valence-corrected chi connectivity index (χ1v) is 8.91. The van der Waals surface area contributed by atoms with Gasteiger partial charge in [-0.2, -0.15) is 0 Å². The molecule has 3 rings (SSSR count). The number of benzene rings is 2. The Morgan fingerprint density at radius 3 is 2.52 bits per heavy atom. The highest BCUT2D eigenvalue weighted by atomic mass is 32.2. The minimum absolute atomic E-state index is 0.0676. The van der Waals surface area contributed by atoms with Crippen molar-refractivity contribution in [2.45, 2.75) is 23.8 Å². The lowest BCUT2D eigenvalue weighted by Crippen LogP contribution is -2.24. The standard InChI is InChI=1S/C17H19NO2S/c19-21(20)13-16(15-10-4-5-11-17(15)21)18-12-6-9-14-7-2-1-3-8-14/h1-5,7-8,10-11,16,18H,6,9,12-13H2. The van der Waals surface area contributed by atoms with E-state index in [1.807, 2.05) is 30.3 Å². The van der Waals surface area contributed by atoms with Crippen LogP contribution in [0.1, 0.15) is 23.6 Å². The van der Waals surface area contributed by atoms with E-state index in [0.29, 0.717) is 4.90 Å². The zero-order valence-corrected chi connectivity index (χ0v) is 12.6. The molecule has 0 saturated heterocycles. The normalized spacial score (nSPS) is 19.3. The maximum Gasteiger partial charge on any atom is 0.180 e. The van der Waals surface area contributed by atoms with Crippen LogP contribution in [-0.4, -0.2) is 20.7 Å². The summed E-state index contributed by atoms with van der Waals surface area (Å²) in [6.45, 7) is 0.823. The first-order valence-electron chi connectivity index (χ1n) is 7.26. The first-order chi connectivity index (χ1) is 10.2. The van der Waals surface area contributed by atoms with Gasteiger partial charge < -0.3 is 5.32 Å². The molecular weight excluding hydrogens is 282 g/mol.